The van der Waals surface area contributed by atoms with Crippen LogP contribution < -0.4 is 0 Å². The van der Waals surface area contributed by atoms with Crippen molar-refractivity contribution in [2.24, 2.45) is 0 Å². The van der Waals surface area contributed by atoms with E-state index >= 15 is 0 Å². The van der Waals surface area contributed by atoms with Crippen molar-refractivity contribution < 1.29 is 0 Å². The van der Waals surface area contributed by atoms with Gasteiger partial charge in [-0.05, 0) is 43.6 Å². The van der Waals surface area contributed by atoms with Crippen molar-refractivity contribution in [3.8, 4) is 0 Å². The number of hydrogen-bond donors (Lipinski definition) is 0. The molecule has 0 unspecified atom stereocenters. The van der Waals surface area contributed by atoms with E-state index in [0.717, 1.165) is 16.0 Å². The third-order valence-corrected chi connectivity index (χ3v) is 4.08. The molecule has 1 saturated heterocycles. The fourth-order valence-electron chi connectivity index (χ4n) is 2.19. The molecule has 88 valence electrons. The van der Waals surface area contributed by atoms with Crippen molar-refractivity contribution in [1.29, 1.82) is 0 Å². The second-order valence-corrected chi connectivity index (χ2v) is 5.72. The SMILES string of the molecule is Clc1ccc(CN2CCCCCC2)c(Br)c1. The molecule has 0 bridgehead atoms. The summed E-state index contributed by atoms with van der Waals surface area (Å²) < 4.78 is 1.13. The highest BCUT2D eigenvalue weighted by Gasteiger charge is 2.11. The van der Waals surface area contributed by atoms with Crippen LogP contribution in [0.4, 0.5) is 0 Å². The van der Waals surface area contributed by atoms with Gasteiger partial charge in [-0.3, -0.25) is 4.90 Å². The molecule has 0 N–H and O–H groups in total. The first kappa shape index (κ1) is 12.4. The van der Waals surface area contributed by atoms with Crippen molar-refractivity contribution in [2.45, 2.75) is 32.2 Å². The monoisotopic (exact) mass is 301 g/mol. The summed E-state index contributed by atoms with van der Waals surface area (Å²) in [5.41, 5.74) is 1.34. The first-order valence-electron chi connectivity index (χ1n) is 5.92. The van der Waals surface area contributed by atoms with Crippen LogP contribution in [0.25, 0.3) is 0 Å². The first-order chi connectivity index (χ1) is 7.75. The molecular formula is C13H17BrClN. The zero-order valence-corrected chi connectivity index (χ0v) is 11.7. The molecule has 2 rings (SSSR count). The average Bonchev–Trinajstić information content (AvgIpc) is 2.51. The summed E-state index contributed by atoms with van der Waals surface area (Å²) in [6, 6.07) is 6.07. The maximum absolute atomic E-state index is 5.94. The highest BCUT2D eigenvalue weighted by molar-refractivity contribution is 9.10. The van der Waals surface area contributed by atoms with Gasteiger partial charge in [0.2, 0.25) is 0 Å². The molecule has 1 heterocycles. The van der Waals surface area contributed by atoms with E-state index in [2.05, 4.69) is 26.9 Å². The zero-order valence-electron chi connectivity index (χ0n) is 9.38. The molecule has 0 atom stereocenters. The minimum Gasteiger partial charge on any atom is -0.299 e. The Hall–Kier alpha value is -0.0500. The molecule has 16 heavy (non-hydrogen) atoms. The van der Waals surface area contributed by atoms with Crippen LogP contribution in [0.5, 0.6) is 0 Å². The van der Waals surface area contributed by atoms with Crippen LogP contribution in [0.2, 0.25) is 5.02 Å². The van der Waals surface area contributed by atoms with E-state index in [4.69, 9.17) is 11.6 Å². The highest BCUT2D eigenvalue weighted by Crippen LogP contribution is 2.23. The van der Waals surface area contributed by atoms with Crippen LogP contribution in [-0.2, 0) is 6.54 Å². The third-order valence-electron chi connectivity index (χ3n) is 3.11. The maximum atomic E-state index is 5.94. The van der Waals surface area contributed by atoms with E-state index in [1.807, 2.05) is 12.1 Å². The van der Waals surface area contributed by atoms with Crippen LogP contribution in [0.15, 0.2) is 22.7 Å². The molecule has 1 fully saturated rings. The van der Waals surface area contributed by atoms with Crippen molar-refractivity contribution in [3.63, 3.8) is 0 Å². The second kappa shape index (κ2) is 6.04. The van der Waals surface area contributed by atoms with E-state index in [1.54, 1.807) is 0 Å². The molecule has 0 aliphatic carbocycles. The van der Waals surface area contributed by atoms with Crippen LogP contribution >= 0.6 is 27.5 Å². The van der Waals surface area contributed by atoms with Gasteiger partial charge in [-0.25, -0.2) is 0 Å². The molecule has 0 amide bonds. The maximum Gasteiger partial charge on any atom is 0.0417 e. The van der Waals surface area contributed by atoms with Crippen LogP contribution in [0.1, 0.15) is 31.2 Å². The third kappa shape index (κ3) is 3.47. The second-order valence-electron chi connectivity index (χ2n) is 4.43. The summed E-state index contributed by atoms with van der Waals surface area (Å²) in [7, 11) is 0. The molecule has 0 aromatic heterocycles. The standard InChI is InChI=1S/C13H17BrClN/c14-13-9-12(15)6-5-11(13)10-16-7-3-1-2-4-8-16/h5-6,9H,1-4,7-8,10H2. The number of hydrogen-bond acceptors (Lipinski definition) is 1. The quantitative estimate of drug-likeness (QED) is 0.778. The Morgan fingerprint density at radius 2 is 1.81 bits per heavy atom. The summed E-state index contributed by atoms with van der Waals surface area (Å²) >= 11 is 9.52. The van der Waals surface area contributed by atoms with Gasteiger partial charge in [0, 0.05) is 16.0 Å². The van der Waals surface area contributed by atoms with Crippen molar-refractivity contribution >= 4 is 27.5 Å². The summed E-state index contributed by atoms with van der Waals surface area (Å²) in [4.78, 5) is 2.54. The van der Waals surface area contributed by atoms with Gasteiger partial charge >= 0.3 is 0 Å². The van der Waals surface area contributed by atoms with Gasteiger partial charge in [-0.1, -0.05) is 46.4 Å². The van der Waals surface area contributed by atoms with Gasteiger partial charge in [-0.2, -0.15) is 0 Å². The summed E-state index contributed by atoms with van der Waals surface area (Å²) in [5.74, 6) is 0. The Balaban J connectivity index is 2.01. The Labute approximate surface area is 111 Å². The largest absolute Gasteiger partial charge is 0.299 e. The number of halogens is 2. The molecule has 0 radical (unpaired) electrons. The van der Waals surface area contributed by atoms with E-state index in [9.17, 15) is 0 Å². The fourth-order valence-corrected chi connectivity index (χ4v) is 2.99. The van der Waals surface area contributed by atoms with E-state index < -0.39 is 0 Å². The van der Waals surface area contributed by atoms with Crippen molar-refractivity contribution in [1.82, 2.24) is 4.90 Å². The smallest absolute Gasteiger partial charge is 0.0417 e. The Bertz CT molecular complexity index is 346. The molecule has 0 spiro atoms. The lowest BCUT2D eigenvalue weighted by molar-refractivity contribution is 0.276. The van der Waals surface area contributed by atoms with Gasteiger partial charge in [-0.15, -0.1) is 0 Å². The molecule has 0 saturated carbocycles. The van der Waals surface area contributed by atoms with Gasteiger partial charge < -0.3 is 0 Å². The lowest BCUT2D eigenvalue weighted by atomic mass is 10.2. The van der Waals surface area contributed by atoms with Crippen molar-refractivity contribution in [3.05, 3.63) is 33.3 Å². The molecule has 3 heteroatoms. The van der Waals surface area contributed by atoms with E-state index in [1.165, 1.54) is 44.3 Å². The lowest BCUT2D eigenvalue weighted by Crippen LogP contribution is -2.24. The topological polar surface area (TPSA) is 3.24 Å². The fraction of sp³-hybridized carbons (Fsp3) is 0.538. The minimum atomic E-state index is 0.798. The number of likely N-dealkylation sites (tertiary alicyclic amines) is 1. The summed E-state index contributed by atoms with van der Waals surface area (Å²) in [6.07, 6.45) is 5.45. The molecule has 1 aliphatic heterocycles. The Morgan fingerprint density at radius 3 is 2.44 bits per heavy atom. The van der Waals surface area contributed by atoms with E-state index in [0.29, 0.717) is 0 Å². The number of rotatable bonds is 2. The predicted octanol–water partition coefficient (Wildman–Crippen LogP) is 4.48. The summed E-state index contributed by atoms with van der Waals surface area (Å²) in [5, 5.41) is 0.798. The molecule has 1 nitrogen and oxygen atoms in total. The Morgan fingerprint density at radius 1 is 1.12 bits per heavy atom. The average molecular weight is 303 g/mol. The predicted molar refractivity (Wildman–Crippen MR) is 72.9 cm³/mol. The number of nitrogens with zero attached hydrogens (tertiary/aromatic N) is 1. The molecule has 1 aliphatic rings. The molecular weight excluding hydrogens is 286 g/mol. The highest BCUT2D eigenvalue weighted by atomic mass is 79.9. The molecule has 1 aromatic carbocycles. The lowest BCUT2D eigenvalue weighted by Gasteiger charge is -2.20. The first-order valence-corrected chi connectivity index (χ1v) is 7.09. The normalized spacial score (nSPS) is 18.4. The van der Waals surface area contributed by atoms with Crippen LogP contribution in [0.3, 0.4) is 0 Å². The van der Waals surface area contributed by atoms with Gasteiger partial charge in [0.05, 0.1) is 0 Å². The van der Waals surface area contributed by atoms with E-state index in [-0.39, 0.29) is 0 Å². The zero-order chi connectivity index (χ0) is 11.4. The Kier molecular flexibility index (Phi) is 4.68. The van der Waals surface area contributed by atoms with Gasteiger partial charge in [0.25, 0.3) is 0 Å². The van der Waals surface area contributed by atoms with Gasteiger partial charge in [0.1, 0.15) is 0 Å². The summed E-state index contributed by atoms with van der Waals surface area (Å²) in [6.45, 7) is 3.50. The van der Waals surface area contributed by atoms with Crippen LogP contribution in [-0.4, -0.2) is 18.0 Å². The minimum absolute atomic E-state index is 0.798. The van der Waals surface area contributed by atoms with Crippen molar-refractivity contribution in [2.75, 3.05) is 13.1 Å². The number of benzene rings is 1. The molecule has 1 aromatic rings. The van der Waals surface area contributed by atoms with Gasteiger partial charge in [0.15, 0.2) is 0 Å². The van der Waals surface area contributed by atoms with Crippen LogP contribution in [0, 0.1) is 0 Å².